The summed E-state index contributed by atoms with van der Waals surface area (Å²) in [4.78, 5) is 12.0. The molecule has 1 aliphatic rings. The lowest BCUT2D eigenvalue weighted by atomic mass is 9.79. The number of hydrogen-bond acceptors (Lipinski definition) is 5. The zero-order valence-corrected chi connectivity index (χ0v) is 14.8. The van der Waals surface area contributed by atoms with Gasteiger partial charge in [0.05, 0.1) is 16.8 Å². The highest BCUT2D eigenvalue weighted by Crippen LogP contribution is 2.36. The Morgan fingerprint density at radius 2 is 1.74 bits per heavy atom. The summed E-state index contributed by atoms with van der Waals surface area (Å²) in [5.41, 5.74) is 5.63. The maximum Gasteiger partial charge on any atom is 0.494 e. The molecule has 1 aromatic carbocycles. The Hall–Kier alpha value is -1.37. The first-order valence-corrected chi connectivity index (χ1v) is 7.86. The SMILES string of the molecule is CC(C)(C)OC(=O)c1ccc(B2OC(C)(C)C(C)(CN)O2)cc1. The van der Waals surface area contributed by atoms with Gasteiger partial charge in [0.15, 0.2) is 0 Å². The molecule has 1 unspecified atom stereocenters. The first kappa shape index (κ1) is 18.0. The lowest BCUT2D eigenvalue weighted by Gasteiger charge is -2.35. The number of benzene rings is 1. The number of ether oxygens (including phenoxy) is 1. The van der Waals surface area contributed by atoms with Crippen molar-refractivity contribution in [2.24, 2.45) is 5.73 Å². The van der Waals surface area contributed by atoms with Crippen molar-refractivity contribution >= 4 is 18.6 Å². The highest BCUT2D eigenvalue weighted by Gasteiger charge is 2.53. The summed E-state index contributed by atoms with van der Waals surface area (Å²) in [6.07, 6.45) is 0. The minimum Gasteiger partial charge on any atom is -0.456 e. The quantitative estimate of drug-likeness (QED) is 0.680. The van der Waals surface area contributed by atoms with Gasteiger partial charge in [0.2, 0.25) is 0 Å². The summed E-state index contributed by atoms with van der Waals surface area (Å²) in [5.74, 6) is -0.343. The predicted molar refractivity (Wildman–Crippen MR) is 90.7 cm³/mol. The van der Waals surface area contributed by atoms with Crippen LogP contribution in [-0.2, 0) is 14.0 Å². The Bertz CT molecular complexity index is 579. The highest BCUT2D eigenvalue weighted by molar-refractivity contribution is 6.62. The van der Waals surface area contributed by atoms with Crippen molar-refractivity contribution in [2.45, 2.75) is 58.3 Å². The molecule has 0 amide bonds. The van der Waals surface area contributed by atoms with Crippen LogP contribution in [0.1, 0.15) is 51.9 Å². The lowest BCUT2D eigenvalue weighted by Crippen LogP contribution is -2.50. The summed E-state index contributed by atoms with van der Waals surface area (Å²) in [6.45, 7) is 11.8. The average molecular weight is 319 g/mol. The van der Waals surface area contributed by atoms with Crippen LogP contribution < -0.4 is 11.2 Å². The second-order valence-corrected chi connectivity index (χ2v) is 7.64. The molecule has 0 saturated carbocycles. The van der Waals surface area contributed by atoms with Gasteiger partial charge in [-0.05, 0) is 59.1 Å². The summed E-state index contributed by atoms with van der Waals surface area (Å²) < 4.78 is 17.4. The molecular formula is C17H26BNO4. The first-order chi connectivity index (χ1) is 10.5. The van der Waals surface area contributed by atoms with E-state index >= 15 is 0 Å². The normalized spacial score (nSPS) is 23.9. The Balaban J connectivity index is 2.14. The van der Waals surface area contributed by atoms with Gasteiger partial charge >= 0.3 is 13.1 Å². The van der Waals surface area contributed by atoms with E-state index in [-0.39, 0.29) is 5.97 Å². The number of esters is 1. The highest BCUT2D eigenvalue weighted by atomic mass is 16.7. The smallest absolute Gasteiger partial charge is 0.456 e. The van der Waals surface area contributed by atoms with Gasteiger partial charge in [0, 0.05) is 6.54 Å². The van der Waals surface area contributed by atoms with E-state index in [2.05, 4.69) is 0 Å². The van der Waals surface area contributed by atoms with Crippen LogP contribution in [-0.4, -0.2) is 36.4 Å². The predicted octanol–water partition coefficient (Wildman–Crippen LogP) is 1.88. The molecule has 23 heavy (non-hydrogen) atoms. The molecule has 1 aliphatic heterocycles. The van der Waals surface area contributed by atoms with Gasteiger partial charge < -0.3 is 19.8 Å². The Kier molecular flexibility index (Phi) is 4.63. The van der Waals surface area contributed by atoms with E-state index in [4.69, 9.17) is 19.8 Å². The molecule has 1 fully saturated rings. The standard InChI is InChI=1S/C17H26BNO4/c1-15(2,3)21-14(20)12-7-9-13(10-8-12)18-22-16(4,5)17(6,11-19)23-18/h7-10H,11,19H2,1-6H3. The molecule has 6 heteroatoms. The number of rotatable bonds is 3. The van der Waals surface area contributed by atoms with E-state index in [1.54, 1.807) is 12.1 Å². The number of carbonyl (C=O) groups is 1. The Morgan fingerprint density at radius 1 is 1.17 bits per heavy atom. The number of nitrogens with two attached hydrogens (primary N) is 1. The lowest BCUT2D eigenvalue weighted by molar-refractivity contribution is -0.00187. The Morgan fingerprint density at radius 3 is 2.17 bits per heavy atom. The van der Waals surface area contributed by atoms with E-state index in [1.165, 1.54) is 0 Å². The number of carbonyl (C=O) groups excluding carboxylic acids is 1. The van der Waals surface area contributed by atoms with Crippen LogP contribution in [0.15, 0.2) is 24.3 Å². The van der Waals surface area contributed by atoms with E-state index in [0.717, 1.165) is 5.46 Å². The fourth-order valence-electron chi connectivity index (χ4n) is 2.34. The van der Waals surface area contributed by atoms with Gasteiger partial charge in [0.1, 0.15) is 5.60 Å². The molecule has 0 bridgehead atoms. The second kappa shape index (κ2) is 5.93. The zero-order chi connectivity index (χ0) is 17.5. The van der Waals surface area contributed by atoms with Crippen molar-refractivity contribution in [3.63, 3.8) is 0 Å². The second-order valence-electron chi connectivity index (χ2n) is 7.64. The average Bonchev–Trinajstić information content (AvgIpc) is 2.68. The molecule has 1 aromatic rings. The molecule has 5 nitrogen and oxygen atoms in total. The minimum atomic E-state index is -0.554. The molecule has 1 atom stereocenters. The number of hydrogen-bond donors (Lipinski definition) is 1. The van der Waals surface area contributed by atoms with Gasteiger partial charge in [-0.15, -0.1) is 0 Å². The zero-order valence-electron chi connectivity index (χ0n) is 14.8. The van der Waals surface area contributed by atoms with Crippen LogP contribution in [0.3, 0.4) is 0 Å². The van der Waals surface area contributed by atoms with Crippen molar-refractivity contribution in [1.29, 1.82) is 0 Å². The largest absolute Gasteiger partial charge is 0.494 e. The van der Waals surface area contributed by atoms with E-state index in [1.807, 2.05) is 53.7 Å². The van der Waals surface area contributed by atoms with Crippen molar-refractivity contribution in [1.82, 2.24) is 0 Å². The van der Waals surface area contributed by atoms with Crippen molar-refractivity contribution < 1.29 is 18.8 Å². The van der Waals surface area contributed by atoms with Crippen LogP contribution in [0.2, 0.25) is 0 Å². The van der Waals surface area contributed by atoms with Crippen LogP contribution in [0.25, 0.3) is 0 Å². The van der Waals surface area contributed by atoms with Crippen molar-refractivity contribution in [2.75, 3.05) is 6.54 Å². The maximum atomic E-state index is 12.0. The third-order valence-corrected chi connectivity index (χ3v) is 4.25. The van der Waals surface area contributed by atoms with E-state index in [9.17, 15) is 4.79 Å². The summed E-state index contributed by atoms with van der Waals surface area (Å²) in [7, 11) is -0.494. The fourth-order valence-corrected chi connectivity index (χ4v) is 2.34. The molecule has 1 heterocycles. The third kappa shape index (κ3) is 3.76. The van der Waals surface area contributed by atoms with Gasteiger partial charge in [-0.3, -0.25) is 0 Å². The molecule has 0 aromatic heterocycles. The van der Waals surface area contributed by atoms with Crippen LogP contribution in [0.4, 0.5) is 0 Å². The molecule has 2 rings (SSSR count). The summed E-state index contributed by atoms with van der Waals surface area (Å²) in [5, 5.41) is 0. The fraction of sp³-hybridized carbons (Fsp3) is 0.588. The van der Waals surface area contributed by atoms with Gasteiger partial charge in [-0.2, -0.15) is 0 Å². The monoisotopic (exact) mass is 319 g/mol. The van der Waals surface area contributed by atoms with Gasteiger partial charge in [-0.25, -0.2) is 4.79 Å². The van der Waals surface area contributed by atoms with Crippen LogP contribution in [0, 0.1) is 0 Å². The molecule has 0 spiro atoms. The maximum absolute atomic E-state index is 12.0. The molecule has 126 valence electrons. The third-order valence-electron chi connectivity index (χ3n) is 4.25. The van der Waals surface area contributed by atoms with Gasteiger partial charge in [-0.1, -0.05) is 12.1 Å². The minimum absolute atomic E-state index is 0.343. The topological polar surface area (TPSA) is 70.8 Å². The Labute approximate surface area is 138 Å². The van der Waals surface area contributed by atoms with Crippen molar-refractivity contribution in [3.05, 3.63) is 29.8 Å². The van der Waals surface area contributed by atoms with Crippen molar-refractivity contribution in [3.8, 4) is 0 Å². The molecule has 1 saturated heterocycles. The molecular weight excluding hydrogens is 293 g/mol. The van der Waals surface area contributed by atoms with Crippen LogP contribution >= 0.6 is 0 Å². The summed E-state index contributed by atoms with van der Waals surface area (Å²) >= 11 is 0. The van der Waals surface area contributed by atoms with E-state index in [0.29, 0.717) is 12.1 Å². The summed E-state index contributed by atoms with van der Waals surface area (Å²) in [6, 6.07) is 7.09. The van der Waals surface area contributed by atoms with Gasteiger partial charge in [0.25, 0.3) is 0 Å². The van der Waals surface area contributed by atoms with Crippen LogP contribution in [0.5, 0.6) is 0 Å². The molecule has 0 radical (unpaired) electrons. The first-order valence-electron chi connectivity index (χ1n) is 7.86. The molecule has 0 aliphatic carbocycles. The molecule has 2 N–H and O–H groups in total. The van der Waals surface area contributed by atoms with E-state index < -0.39 is 23.9 Å².